The first-order chi connectivity index (χ1) is 7.59. The average molecular weight is 260 g/mol. The maximum atomic E-state index is 6.24. The Labute approximate surface area is 106 Å². The minimum atomic E-state index is 0.202. The van der Waals surface area contributed by atoms with Crippen LogP contribution < -0.4 is 5.73 Å². The van der Waals surface area contributed by atoms with Gasteiger partial charge in [-0.25, -0.2) is 0 Å². The quantitative estimate of drug-likeness (QED) is 0.905. The molecule has 1 aliphatic rings. The van der Waals surface area contributed by atoms with Crippen LogP contribution >= 0.6 is 23.4 Å². The van der Waals surface area contributed by atoms with Crippen molar-refractivity contribution in [3.05, 3.63) is 16.4 Å². The van der Waals surface area contributed by atoms with E-state index >= 15 is 0 Å². The van der Waals surface area contributed by atoms with Crippen LogP contribution in [0.3, 0.4) is 0 Å². The molecule has 16 heavy (non-hydrogen) atoms. The Morgan fingerprint density at radius 3 is 2.94 bits per heavy atom. The fraction of sp³-hybridized carbons (Fsp3) is 0.727. The van der Waals surface area contributed by atoms with Crippen molar-refractivity contribution in [2.24, 2.45) is 12.8 Å². The lowest BCUT2D eigenvalue weighted by atomic mass is 10.0. The molecule has 1 aromatic rings. The molecule has 0 amide bonds. The molecular weight excluding hydrogens is 242 g/mol. The topological polar surface area (TPSA) is 43.8 Å². The van der Waals surface area contributed by atoms with Crippen LogP contribution in [0.15, 0.2) is 0 Å². The zero-order valence-electron chi connectivity index (χ0n) is 9.74. The molecule has 2 heterocycles. The number of nitrogens with two attached hydrogens (primary N) is 1. The Bertz CT molecular complexity index is 372. The van der Waals surface area contributed by atoms with Crippen LogP contribution in [-0.2, 0) is 13.5 Å². The monoisotopic (exact) mass is 259 g/mol. The van der Waals surface area contributed by atoms with Crippen LogP contribution in [0.25, 0.3) is 0 Å². The molecule has 3 nitrogen and oxygen atoms in total. The molecule has 5 heteroatoms. The maximum absolute atomic E-state index is 6.24. The first kappa shape index (κ1) is 12.3. The van der Waals surface area contributed by atoms with Gasteiger partial charge < -0.3 is 5.73 Å². The van der Waals surface area contributed by atoms with E-state index in [9.17, 15) is 0 Å². The number of hydrogen-bond acceptors (Lipinski definition) is 3. The second-order valence-electron chi connectivity index (χ2n) is 4.40. The molecular formula is C11H18ClN3S. The second kappa shape index (κ2) is 4.98. The van der Waals surface area contributed by atoms with Gasteiger partial charge in [0.2, 0.25) is 0 Å². The Morgan fingerprint density at radius 1 is 1.69 bits per heavy atom. The zero-order valence-corrected chi connectivity index (χ0v) is 11.3. The molecule has 0 spiro atoms. The lowest BCUT2D eigenvalue weighted by Crippen LogP contribution is -2.33. The summed E-state index contributed by atoms with van der Waals surface area (Å²) >= 11 is 8.20. The van der Waals surface area contributed by atoms with E-state index in [1.165, 1.54) is 18.6 Å². The SMILES string of the molecule is Cc1nn(C)c(Cl)c1CC(N)C1CCCS1. The smallest absolute Gasteiger partial charge is 0.130 e. The third-order valence-corrected chi connectivity index (χ3v) is 5.16. The number of hydrogen-bond donors (Lipinski definition) is 1. The van der Waals surface area contributed by atoms with Gasteiger partial charge in [-0.1, -0.05) is 11.6 Å². The van der Waals surface area contributed by atoms with Gasteiger partial charge in [0.15, 0.2) is 0 Å². The van der Waals surface area contributed by atoms with Crippen molar-refractivity contribution in [2.75, 3.05) is 5.75 Å². The Hall–Kier alpha value is -0.190. The van der Waals surface area contributed by atoms with Crippen molar-refractivity contribution in [3.63, 3.8) is 0 Å². The van der Waals surface area contributed by atoms with Crippen molar-refractivity contribution in [1.82, 2.24) is 9.78 Å². The second-order valence-corrected chi connectivity index (χ2v) is 6.10. The molecule has 90 valence electrons. The van der Waals surface area contributed by atoms with Gasteiger partial charge in [0.1, 0.15) is 5.15 Å². The molecule has 0 saturated carbocycles. The van der Waals surface area contributed by atoms with Crippen LogP contribution in [0.5, 0.6) is 0 Å². The highest BCUT2D eigenvalue weighted by Crippen LogP contribution is 2.30. The van der Waals surface area contributed by atoms with Crippen molar-refractivity contribution in [3.8, 4) is 0 Å². The van der Waals surface area contributed by atoms with Crippen LogP contribution in [0.4, 0.5) is 0 Å². The van der Waals surface area contributed by atoms with E-state index in [1.807, 2.05) is 25.7 Å². The largest absolute Gasteiger partial charge is 0.326 e. The summed E-state index contributed by atoms with van der Waals surface area (Å²) in [6.07, 6.45) is 3.38. The number of rotatable bonds is 3. The Balaban J connectivity index is 2.07. The van der Waals surface area contributed by atoms with E-state index in [0.29, 0.717) is 5.25 Å². The first-order valence-corrected chi connectivity index (χ1v) is 7.07. The molecule has 0 aromatic carbocycles. The molecule has 2 rings (SSSR count). The lowest BCUT2D eigenvalue weighted by Gasteiger charge is -2.17. The summed E-state index contributed by atoms with van der Waals surface area (Å²) in [7, 11) is 1.87. The maximum Gasteiger partial charge on any atom is 0.130 e. The van der Waals surface area contributed by atoms with E-state index in [-0.39, 0.29) is 6.04 Å². The fourth-order valence-electron chi connectivity index (χ4n) is 2.21. The van der Waals surface area contributed by atoms with Gasteiger partial charge >= 0.3 is 0 Å². The summed E-state index contributed by atoms with van der Waals surface area (Å²) < 4.78 is 1.72. The highest BCUT2D eigenvalue weighted by molar-refractivity contribution is 8.00. The highest BCUT2D eigenvalue weighted by Gasteiger charge is 2.25. The normalized spacial score (nSPS) is 22.6. The fourth-order valence-corrected chi connectivity index (χ4v) is 3.78. The average Bonchev–Trinajstić information content (AvgIpc) is 2.83. The Morgan fingerprint density at radius 2 is 2.44 bits per heavy atom. The number of halogens is 1. The van der Waals surface area contributed by atoms with Gasteiger partial charge in [-0.15, -0.1) is 0 Å². The van der Waals surface area contributed by atoms with Crippen LogP contribution in [0.2, 0.25) is 5.15 Å². The van der Waals surface area contributed by atoms with Gasteiger partial charge in [-0.3, -0.25) is 4.68 Å². The summed E-state index contributed by atoms with van der Waals surface area (Å²) in [6, 6.07) is 0.202. The molecule has 1 saturated heterocycles. The molecule has 1 aliphatic heterocycles. The Kier molecular flexibility index (Phi) is 3.82. The van der Waals surface area contributed by atoms with Gasteiger partial charge in [0.25, 0.3) is 0 Å². The van der Waals surface area contributed by atoms with Gasteiger partial charge in [0.05, 0.1) is 5.69 Å². The minimum absolute atomic E-state index is 0.202. The van der Waals surface area contributed by atoms with E-state index in [1.54, 1.807) is 4.68 Å². The summed E-state index contributed by atoms with van der Waals surface area (Å²) in [4.78, 5) is 0. The standard InChI is InChI=1S/C11H18ClN3S/c1-7-8(11(12)15(2)14-7)6-9(13)10-4-3-5-16-10/h9-10H,3-6,13H2,1-2H3. The third-order valence-electron chi connectivity index (χ3n) is 3.15. The molecule has 2 N–H and O–H groups in total. The number of thioether (sulfide) groups is 1. The van der Waals surface area contributed by atoms with E-state index in [4.69, 9.17) is 17.3 Å². The van der Waals surface area contributed by atoms with Crippen LogP contribution in [0, 0.1) is 6.92 Å². The molecule has 2 unspecified atom stereocenters. The van der Waals surface area contributed by atoms with Crippen molar-refractivity contribution < 1.29 is 0 Å². The predicted octanol–water partition coefficient (Wildman–Crippen LogP) is 2.15. The first-order valence-electron chi connectivity index (χ1n) is 5.64. The predicted molar refractivity (Wildman–Crippen MR) is 70.1 cm³/mol. The summed E-state index contributed by atoms with van der Waals surface area (Å²) in [5, 5.41) is 5.64. The number of aryl methyl sites for hydroxylation is 2. The zero-order chi connectivity index (χ0) is 11.7. The molecule has 1 aromatic heterocycles. The molecule has 0 radical (unpaired) electrons. The van der Waals surface area contributed by atoms with Gasteiger partial charge in [0, 0.05) is 23.9 Å². The van der Waals surface area contributed by atoms with E-state index < -0.39 is 0 Å². The van der Waals surface area contributed by atoms with Gasteiger partial charge in [-0.05, 0) is 31.9 Å². The lowest BCUT2D eigenvalue weighted by molar-refractivity contribution is 0.608. The molecule has 0 aliphatic carbocycles. The van der Waals surface area contributed by atoms with Crippen molar-refractivity contribution in [1.29, 1.82) is 0 Å². The van der Waals surface area contributed by atoms with Crippen LogP contribution in [0.1, 0.15) is 24.1 Å². The number of nitrogens with zero attached hydrogens (tertiary/aromatic N) is 2. The highest BCUT2D eigenvalue weighted by atomic mass is 35.5. The van der Waals surface area contributed by atoms with E-state index in [0.717, 1.165) is 22.8 Å². The molecule has 1 fully saturated rings. The molecule has 2 atom stereocenters. The van der Waals surface area contributed by atoms with Crippen molar-refractivity contribution >= 4 is 23.4 Å². The number of aromatic nitrogens is 2. The minimum Gasteiger partial charge on any atom is -0.326 e. The summed E-state index contributed by atoms with van der Waals surface area (Å²) in [6.45, 7) is 2.00. The van der Waals surface area contributed by atoms with Gasteiger partial charge in [-0.2, -0.15) is 16.9 Å². The summed E-state index contributed by atoms with van der Waals surface area (Å²) in [5.41, 5.74) is 8.36. The van der Waals surface area contributed by atoms with Crippen molar-refractivity contribution in [2.45, 2.75) is 37.5 Å². The summed E-state index contributed by atoms with van der Waals surface area (Å²) in [5.74, 6) is 1.25. The molecule has 0 bridgehead atoms. The third kappa shape index (κ3) is 2.39. The van der Waals surface area contributed by atoms with Crippen LogP contribution in [-0.4, -0.2) is 26.8 Å². The van der Waals surface area contributed by atoms with E-state index in [2.05, 4.69) is 5.10 Å².